The maximum atomic E-state index is 12.1. The number of benzene rings is 1. The summed E-state index contributed by atoms with van der Waals surface area (Å²) in [5, 5.41) is 3.01. The van der Waals surface area contributed by atoms with Crippen LogP contribution in [0.15, 0.2) is 30.3 Å². The molecule has 6 heteroatoms. The Morgan fingerprint density at radius 1 is 1.16 bits per heavy atom. The Morgan fingerprint density at radius 3 is 2.48 bits per heavy atom. The molecule has 1 N–H and O–H groups in total. The normalized spacial score (nSPS) is 15.9. The van der Waals surface area contributed by atoms with Crippen LogP contribution in [-0.2, 0) is 14.3 Å². The molecule has 5 nitrogen and oxygen atoms in total. The van der Waals surface area contributed by atoms with Crippen molar-refractivity contribution in [3.05, 3.63) is 35.9 Å². The summed E-state index contributed by atoms with van der Waals surface area (Å²) < 4.78 is 5.24. The summed E-state index contributed by atoms with van der Waals surface area (Å²) >= 11 is 1.37. The second-order valence-electron chi connectivity index (χ2n) is 6.55. The highest BCUT2D eigenvalue weighted by atomic mass is 32.2. The van der Waals surface area contributed by atoms with Gasteiger partial charge in [-0.1, -0.05) is 44.2 Å². The molecule has 1 heterocycles. The number of hydrogen-bond acceptors (Lipinski definition) is 4. The molecule has 1 atom stereocenters. The predicted molar refractivity (Wildman–Crippen MR) is 102 cm³/mol. The van der Waals surface area contributed by atoms with Crippen molar-refractivity contribution in [1.82, 2.24) is 10.2 Å². The molecule has 1 aliphatic rings. The lowest BCUT2D eigenvalue weighted by molar-refractivity contribution is -0.132. The van der Waals surface area contributed by atoms with Gasteiger partial charge in [0.25, 0.3) is 0 Å². The van der Waals surface area contributed by atoms with Gasteiger partial charge < -0.3 is 15.0 Å². The van der Waals surface area contributed by atoms with E-state index >= 15 is 0 Å². The van der Waals surface area contributed by atoms with Crippen molar-refractivity contribution in [2.45, 2.75) is 19.8 Å². The largest absolute Gasteiger partial charge is 0.378 e. The third-order valence-electron chi connectivity index (χ3n) is 4.37. The van der Waals surface area contributed by atoms with E-state index in [9.17, 15) is 9.59 Å². The fraction of sp³-hybridized carbons (Fsp3) is 0.579. The molecule has 2 rings (SSSR count). The first-order valence-electron chi connectivity index (χ1n) is 8.83. The zero-order chi connectivity index (χ0) is 18.1. The molecular formula is C19H28N2O3S. The van der Waals surface area contributed by atoms with Crippen LogP contribution in [0.1, 0.15) is 25.3 Å². The van der Waals surface area contributed by atoms with Crippen LogP contribution in [0.25, 0.3) is 0 Å². The van der Waals surface area contributed by atoms with E-state index in [1.165, 1.54) is 17.3 Å². The van der Waals surface area contributed by atoms with Crippen LogP contribution >= 0.6 is 11.8 Å². The number of carbonyl (C=O) groups is 2. The molecule has 0 saturated carbocycles. The van der Waals surface area contributed by atoms with Crippen LogP contribution in [0.2, 0.25) is 0 Å². The van der Waals surface area contributed by atoms with Crippen LogP contribution < -0.4 is 5.32 Å². The van der Waals surface area contributed by atoms with Crippen molar-refractivity contribution in [3.63, 3.8) is 0 Å². The number of morpholine rings is 1. The summed E-state index contributed by atoms with van der Waals surface area (Å²) in [5.41, 5.74) is 1.24. The standard InChI is InChI=1S/C19H28N2O3S/c1-15(2)17(16-6-4-3-5-7-16)12-20-18(22)13-25-14-19(23)21-8-10-24-11-9-21/h3-7,15,17H,8-14H2,1-2H3,(H,20,22)/t17-/m0/s1. The minimum atomic E-state index is -0.0126. The van der Waals surface area contributed by atoms with Gasteiger partial charge in [0.1, 0.15) is 0 Å². The molecule has 0 aromatic heterocycles. The van der Waals surface area contributed by atoms with Gasteiger partial charge in [0.2, 0.25) is 11.8 Å². The van der Waals surface area contributed by atoms with Gasteiger partial charge in [0.05, 0.1) is 24.7 Å². The van der Waals surface area contributed by atoms with Crippen LogP contribution in [0.4, 0.5) is 0 Å². The number of nitrogens with zero attached hydrogens (tertiary/aromatic N) is 1. The number of rotatable bonds is 8. The Labute approximate surface area is 154 Å². The fourth-order valence-electron chi connectivity index (χ4n) is 2.85. The number of carbonyl (C=O) groups excluding carboxylic acids is 2. The second-order valence-corrected chi connectivity index (χ2v) is 7.54. The van der Waals surface area contributed by atoms with Crippen LogP contribution in [0, 0.1) is 5.92 Å². The Bertz CT molecular complexity index is 545. The minimum absolute atomic E-state index is 0.0126. The number of hydrogen-bond donors (Lipinski definition) is 1. The first kappa shape index (κ1) is 19.8. The molecule has 1 fully saturated rings. The molecule has 0 bridgehead atoms. The van der Waals surface area contributed by atoms with Gasteiger partial charge in [0, 0.05) is 25.6 Å². The lowest BCUT2D eigenvalue weighted by Crippen LogP contribution is -2.41. The maximum Gasteiger partial charge on any atom is 0.232 e. The van der Waals surface area contributed by atoms with Gasteiger partial charge in [-0.05, 0) is 11.5 Å². The summed E-state index contributed by atoms with van der Waals surface area (Å²) in [7, 11) is 0. The van der Waals surface area contributed by atoms with Crippen LogP contribution in [0.5, 0.6) is 0 Å². The van der Waals surface area contributed by atoms with Gasteiger partial charge in [0.15, 0.2) is 0 Å². The Kier molecular flexibility index (Phi) is 8.28. The average Bonchev–Trinajstić information content (AvgIpc) is 2.63. The molecule has 0 spiro atoms. The van der Waals surface area contributed by atoms with Crippen molar-refractivity contribution in [3.8, 4) is 0 Å². The van der Waals surface area contributed by atoms with Gasteiger partial charge in [-0.25, -0.2) is 0 Å². The molecule has 1 saturated heterocycles. The van der Waals surface area contributed by atoms with Crippen LogP contribution in [0.3, 0.4) is 0 Å². The highest BCUT2D eigenvalue weighted by Gasteiger charge is 2.18. The number of thioether (sulfide) groups is 1. The van der Waals surface area contributed by atoms with Crippen LogP contribution in [-0.4, -0.2) is 61.1 Å². The first-order valence-corrected chi connectivity index (χ1v) is 9.98. The minimum Gasteiger partial charge on any atom is -0.378 e. The Balaban J connectivity index is 1.69. The Hall–Kier alpha value is -1.53. The van der Waals surface area contributed by atoms with E-state index in [4.69, 9.17) is 4.74 Å². The van der Waals surface area contributed by atoms with Crippen molar-refractivity contribution >= 4 is 23.6 Å². The van der Waals surface area contributed by atoms with Gasteiger partial charge in [-0.15, -0.1) is 11.8 Å². The van der Waals surface area contributed by atoms with E-state index in [1.807, 2.05) is 18.2 Å². The molecule has 1 aliphatic heterocycles. The Morgan fingerprint density at radius 2 is 1.84 bits per heavy atom. The molecule has 25 heavy (non-hydrogen) atoms. The van der Waals surface area contributed by atoms with E-state index in [-0.39, 0.29) is 11.8 Å². The number of ether oxygens (including phenoxy) is 1. The van der Waals surface area contributed by atoms with E-state index in [1.54, 1.807) is 4.90 Å². The third kappa shape index (κ3) is 6.71. The van der Waals surface area contributed by atoms with Crippen molar-refractivity contribution in [2.75, 3.05) is 44.4 Å². The van der Waals surface area contributed by atoms with Gasteiger partial charge >= 0.3 is 0 Å². The molecule has 2 amide bonds. The fourth-order valence-corrected chi connectivity index (χ4v) is 3.60. The third-order valence-corrected chi connectivity index (χ3v) is 5.29. The number of amides is 2. The van der Waals surface area contributed by atoms with Crippen molar-refractivity contribution < 1.29 is 14.3 Å². The molecule has 138 valence electrons. The summed E-state index contributed by atoms with van der Waals surface area (Å²) in [6.45, 7) is 7.47. The monoisotopic (exact) mass is 364 g/mol. The highest BCUT2D eigenvalue weighted by Crippen LogP contribution is 2.23. The summed E-state index contributed by atoms with van der Waals surface area (Å²) in [6, 6.07) is 10.3. The lowest BCUT2D eigenvalue weighted by Gasteiger charge is -2.26. The van der Waals surface area contributed by atoms with Gasteiger partial charge in [-0.3, -0.25) is 9.59 Å². The zero-order valence-electron chi connectivity index (χ0n) is 15.1. The summed E-state index contributed by atoms with van der Waals surface area (Å²) in [4.78, 5) is 25.9. The average molecular weight is 365 g/mol. The van der Waals surface area contributed by atoms with E-state index in [0.717, 1.165) is 0 Å². The highest BCUT2D eigenvalue weighted by molar-refractivity contribution is 8.00. The van der Waals surface area contributed by atoms with E-state index < -0.39 is 0 Å². The lowest BCUT2D eigenvalue weighted by atomic mass is 9.88. The number of nitrogens with one attached hydrogen (secondary N) is 1. The predicted octanol–water partition coefficient (Wildman–Crippen LogP) is 2.13. The van der Waals surface area contributed by atoms with E-state index in [2.05, 4.69) is 31.3 Å². The molecule has 0 unspecified atom stereocenters. The summed E-state index contributed by atoms with van der Waals surface area (Å²) in [6.07, 6.45) is 0. The molecular weight excluding hydrogens is 336 g/mol. The van der Waals surface area contributed by atoms with E-state index in [0.29, 0.717) is 56.2 Å². The first-order chi connectivity index (χ1) is 12.1. The summed E-state index contributed by atoms with van der Waals surface area (Å²) in [5.74, 6) is 1.48. The molecule has 1 aromatic carbocycles. The maximum absolute atomic E-state index is 12.1. The van der Waals surface area contributed by atoms with Crippen molar-refractivity contribution in [2.24, 2.45) is 5.92 Å². The molecule has 0 radical (unpaired) electrons. The smallest absolute Gasteiger partial charge is 0.232 e. The van der Waals surface area contributed by atoms with Crippen molar-refractivity contribution in [1.29, 1.82) is 0 Å². The zero-order valence-corrected chi connectivity index (χ0v) is 15.9. The SMILES string of the molecule is CC(C)[C@H](CNC(=O)CSCC(=O)N1CCOCC1)c1ccccc1. The molecule has 0 aliphatic carbocycles. The quantitative estimate of drug-likeness (QED) is 0.768. The molecule has 1 aromatic rings. The second kappa shape index (κ2) is 10.5. The topological polar surface area (TPSA) is 58.6 Å². The van der Waals surface area contributed by atoms with Gasteiger partial charge in [-0.2, -0.15) is 0 Å².